The summed E-state index contributed by atoms with van der Waals surface area (Å²) >= 11 is 0. The van der Waals surface area contributed by atoms with Crippen molar-refractivity contribution in [3.63, 3.8) is 0 Å². The van der Waals surface area contributed by atoms with Crippen molar-refractivity contribution in [2.24, 2.45) is 0 Å². The van der Waals surface area contributed by atoms with E-state index in [1.807, 2.05) is 19.1 Å². The van der Waals surface area contributed by atoms with E-state index in [2.05, 4.69) is 43.3 Å². The van der Waals surface area contributed by atoms with Gasteiger partial charge in [0.05, 0.1) is 24.7 Å². The second-order valence-electron chi connectivity index (χ2n) is 8.91. The quantitative estimate of drug-likeness (QED) is 0.374. The molecule has 164 valence electrons. The van der Waals surface area contributed by atoms with Crippen LogP contribution in [0.5, 0.6) is 0 Å². The number of ether oxygens (including phenoxy) is 1. The summed E-state index contributed by atoms with van der Waals surface area (Å²) in [6, 6.07) is 2.98. The topological polar surface area (TPSA) is 81.7 Å². The maximum Gasteiger partial charge on any atom is 0.330 e. The van der Waals surface area contributed by atoms with Gasteiger partial charge in [-0.25, -0.2) is 17.9 Å². The molecule has 29 heavy (non-hydrogen) atoms. The summed E-state index contributed by atoms with van der Waals surface area (Å²) in [6.45, 7) is 16.1. The van der Waals surface area contributed by atoms with Crippen LogP contribution in [-0.4, -0.2) is 42.5 Å². The first-order chi connectivity index (χ1) is 13.1. The highest BCUT2D eigenvalue weighted by Crippen LogP contribution is 2.36. The van der Waals surface area contributed by atoms with E-state index in [4.69, 9.17) is 4.43 Å². The van der Waals surface area contributed by atoms with Crippen LogP contribution in [0.15, 0.2) is 29.2 Å². The minimum Gasteiger partial charge on any atom is -0.466 e. The highest BCUT2D eigenvalue weighted by atomic mass is 32.2. The van der Waals surface area contributed by atoms with E-state index >= 15 is 0 Å². The molecule has 8 heteroatoms. The standard InChI is InChI=1S/C21H35NO5SSi/c1-15-12-16(2)20(17(3)13-15)28(24,25)22-18(10-11-19(23)26-7)14-27-29(8,9)21(4,5)6/h10-13,18,22H,14H2,1-9H3/b11-10-/t18-/m1/s1. The van der Waals surface area contributed by atoms with E-state index in [0.29, 0.717) is 11.1 Å². The van der Waals surface area contributed by atoms with Gasteiger partial charge in [-0.15, -0.1) is 0 Å². The largest absolute Gasteiger partial charge is 0.466 e. The van der Waals surface area contributed by atoms with Gasteiger partial charge in [-0.1, -0.05) is 44.5 Å². The maximum absolute atomic E-state index is 13.1. The third-order valence-electron chi connectivity index (χ3n) is 5.28. The zero-order valence-electron chi connectivity index (χ0n) is 19.0. The van der Waals surface area contributed by atoms with E-state index in [1.165, 1.54) is 19.3 Å². The molecule has 1 rings (SSSR count). The summed E-state index contributed by atoms with van der Waals surface area (Å²) in [5.74, 6) is -0.552. The van der Waals surface area contributed by atoms with Crippen LogP contribution < -0.4 is 4.72 Å². The fraction of sp³-hybridized carbons (Fsp3) is 0.571. The summed E-state index contributed by atoms with van der Waals surface area (Å²) in [4.78, 5) is 11.8. The van der Waals surface area contributed by atoms with Gasteiger partial charge in [-0.05, 0) is 50.0 Å². The summed E-state index contributed by atoms with van der Waals surface area (Å²) in [6.07, 6.45) is 2.70. The number of carbonyl (C=O) groups is 1. The molecule has 0 aliphatic carbocycles. The van der Waals surface area contributed by atoms with Crippen molar-refractivity contribution in [1.82, 2.24) is 4.72 Å². The zero-order chi connectivity index (χ0) is 22.6. The summed E-state index contributed by atoms with van der Waals surface area (Å²) < 4.78 is 39.8. The van der Waals surface area contributed by atoms with Gasteiger partial charge in [0.2, 0.25) is 10.0 Å². The lowest BCUT2D eigenvalue weighted by Crippen LogP contribution is -2.45. The van der Waals surface area contributed by atoms with Crippen LogP contribution in [-0.2, 0) is 24.0 Å². The Morgan fingerprint density at radius 1 is 1.17 bits per heavy atom. The lowest BCUT2D eigenvalue weighted by molar-refractivity contribution is -0.134. The molecule has 0 heterocycles. The Kier molecular flexibility index (Phi) is 8.42. The number of hydrogen-bond donors (Lipinski definition) is 1. The SMILES string of the molecule is COC(=O)/C=C\[C@H](CO[Si](C)(C)C(C)(C)C)NS(=O)(=O)c1c(C)cc(C)cc1C. The first-order valence-corrected chi connectivity index (χ1v) is 14.0. The molecule has 0 saturated carbocycles. The van der Waals surface area contributed by atoms with Crippen molar-refractivity contribution in [2.45, 2.75) is 70.6 Å². The van der Waals surface area contributed by atoms with E-state index in [0.717, 1.165) is 5.56 Å². The second kappa shape index (κ2) is 9.55. The van der Waals surface area contributed by atoms with Gasteiger partial charge >= 0.3 is 5.97 Å². The molecular formula is C21H35NO5SSi. The Morgan fingerprint density at radius 3 is 2.14 bits per heavy atom. The molecule has 0 aliphatic rings. The number of hydrogen-bond acceptors (Lipinski definition) is 5. The number of sulfonamides is 1. The third kappa shape index (κ3) is 7.06. The van der Waals surface area contributed by atoms with E-state index < -0.39 is 30.4 Å². The van der Waals surface area contributed by atoms with Crippen LogP contribution in [0.25, 0.3) is 0 Å². The number of carbonyl (C=O) groups excluding carboxylic acids is 1. The highest BCUT2D eigenvalue weighted by Gasteiger charge is 2.37. The molecule has 0 spiro atoms. The Balaban J connectivity index is 3.20. The van der Waals surface area contributed by atoms with Gasteiger partial charge in [0.15, 0.2) is 8.32 Å². The first-order valence-electron chi connectivity index (χ1n) is 9.61. The van der Waals surface area contributed by atoms with Gasteiger partial charge in [-0.2, -0.15) is 0 Å². The van der Waals surface area contributed by atoms with Gasteiger partial charge in [0.1, 0.15) is 0 Å². The number of methoxy groups -OCH3 is 1. The Labute approximate surface area is 176 Å². The third-order valence-corrected chi connectivity index (χ3v) is 11.6. The van der Waals surface area contributed by atoms with Crippen molar-refractivity contribution in [3.05, 3.63) is 41.0 Å². The average Bonchev–Trinajstić information content (AvgIpc) is 2.54. The van der Waals surface area contributed by atoms with Gasteiger partial charge in [0.25, 0.3) is 0 Å². The van der Waals surface area contributed by atoms with Crippen LogP contribution in [0.1, 0.15) is 37.5 Å². The van der Waals surface area contributed by atoms with E-state index in [1.54, 1.807) is 13.8 Å². The van der Waals surface area contributed by atoms with Gasteiger partial charge < -0.3 is 9.16 Å². The number of esters is 1. The maximum atomic E-state index is 13.1. The Bertz CT molecular complexity index is 847. The van der Waals surface area contributed by atoms with Gasteiger partial charge in [-0.3, -0.25) is 0 Å². The van der Waals surface area contributed by atoms with E-state index in [9.17, 15) is 13.2 Å². The van der Waals surface area contributed by atoms with Crippen molar-refractivity contribution < 1.29 is 22.4 Å². The van der Waals surface area contributed by atoms with Crippen molar-refractivity contribution >= 4 is 24.3 Å². The molecule has 0 aliphatic heterocycles. The molecule has 1 aromatic rings. The van der Waals surface area contributed by atoms with Crippen LogP contribution in [0.4, 0.5) is 0 Å². The zero-order valence-corrected chi connectivity index (χ0v) is 20.9. The molecule has 0 bridgehead atoms. The molecule has 1 N–H and O–H groups in total. The Hall–Kier alpha value is -1.48. The Morgan fingerprint density at radius 2 is 1.69 bits per heavy atom. The molecule has 0 saturated heterocycles. The van der Waals surface area contributed by atoms with Crippen LogP contribution >= 0.6 is 0 Å². The molecule has 1 aromatic carbocycles. The second-order valence-corrected chi connectivity index (χ2v) is 15.4. The monoisotopic (exact) mass is 441 g/mol. The lowest BCUT2D eigenvalue weighted by Gasteiger charge is -2.37. The minimum atomic E-state index is -3.81. The number of nitrogens with one attached hydrogen (secondary N) is 1. The fourth-order valence-corrected chi connectivity index (χ4v) is 5.41. The van der Waals surface area contributed by atoms with Crippen LogP contribution in [0, 0.1) is 20.8 Å². The molecule has 6 nitrogen and oxygen atoms in total. The summed E-state index contributed by atoms with van der Waals surface area (Å²) in [7, 11) is -4.64. The summed E-state index contributed by atoms with van der Waals surface area (Å²) in [5.41, 5.74) is 2.36. The van der Waals surface area contributed by atoms with Gasteiger partial charge in [0, 0.05) is 6.08 Å². The summed E-state index contributed by atoms with van der Waals surface area (Å²) in [5, 5.41) is -0.0212. The molecule has 0 radical (unpaired) electrons. The number of aryl methyl sites for hydroxylation is 3. The van der Waals surface area contributed by atoms with Crippen molar-refractivity contribution in [3.8, 4) is 0 Å². The fourth-order valence-electron chi connectivity index (χ4n) is 2.76. The van der Waals surface area contributed by atoms with Crippen molar-refractivity contribution in [2.75, 3.05) is 13.7 Å². The van der Waals surface area contributed by atoms with E-state index in [-0.39, 0.29) is 16.5 Å². The van der Waals surface area contributed by atoms with Crippen LogP contribution in [0.3, 0.4) is 0 Å². The number of rotatable bonds is 8. The number of benzene rings is 1. The average molecular weight is 442 g/mol. The first kappa shape index (κ1) is 25.6. The molecule has 0 aromatic heterocycles. The van der Waals surface area contributed by atoms with Crippen molar-refractivity contribution in [1.29, 1.82) is 0 Å². The molecular weight excluding hydrogens is 406 g/mol. The smallest absolute Gasteiger partial charge is 0.330 e. The molecule has 0 fully saturated rings. The molecule has 0 unspecified atom stereocenters. The lowest BCUT2D eigenvalue weighted by atomic mass is 10.1. The molecule has 0 amide bonds. The predicted octanol–water partition coefficient (Wildman–Crippen LogP) is 4.01. The normalized spacial score (nSPS) is 14.2. The predicted molar refractivity (Wildman–Crippen MR) is 119 cm³/mol. The van der Waals surface area contributed by atoms with Crippen LogP contribution in [0.2, 0.25) is 18.1 Å². The molecule has 1 atom stereocenters. The minimum absolute atomic E-state index is 0.0212. The highest BCUT2D eigenvalue weighted by molar-refractivity contribution is 7.89.